The highest BCUT2D eigenvalue weighted by molar-refractivity contribution is 6.00. The second kappa shape index (κ2) is 16.0. The highest BCUT2D eigenvalue weighted by atomic mass is 16.2. The first-order chi connectivity index (χ1) is 21.7. The molecule has 2 aliphatic heterocycles. The minimum absolute atomic E-state index is 0.0329. The van der Waals surface area contributed by atoms with Crippen molar-refractivity contribution in [3.8, 4) is 0 Å². The monoisotopic (exact) mass is 612 g/mol. The van der Waals surface area contributed by atoms with E-state index in [1.54, 1.807) is 6.92 Å². The predicted octanol–water partition coefficient (Wildman–Crippen LogP) is 6.93. The molecule has 2 aromatic carbocycles. The lowest BCUT2D eigenvalue weighted by Crippen LogP contribution is -2.54. The Kier molecular flexibility index (Phi) is 12.1. The van der Waals surface area contributed by atoms with Crippen LogP contribution in [-0.2, 0) is 6.42 Å². The van der Waals surface area contributed by atoms with E-state index in [1.807, 2.05) is 86.3 Å². The summed E-state index contributed by atoms with van der Waals surface area (Å²) < 4.78 is 0. The summed E-state index contributed by atoms with van der Waals surface area (Å²) in [7, 11) is 4.18. The molecule has 2 saturated heterocycles. The van der Waals surface area contributed by atoms with Crippen molar-refractivity contribution in [2.45, 2.75) is 66.3 Å². The van der Waals surface area contributed by atoms with Crippen molar-refractivity contribution in [1.82, 2.24) is 19.7 Å². The summed E-state index contributed by atoms with van der Waals surface area (Å²) in [6.07, 6.45) is 6.13. The van der Waals surface area contributed by atoms with Crippen molar-refractivity contribution < 1.29 is 9.59 Å². The number of ketones is 1. The molecule has 0 unspecified atom stereocenters. The molecule has 8 nitrogen and oxygen atoms in total. The number of nitrogens with zero attached hydrogens (tertiary/aromatic N) is 5. The number of benzene rings is 2. The maximum absolute atomic E-state index is 13.6. The average Bonchev–Trinajstić information content (AvgIpc) is 3.07. The number of hydrogen-bond donors (Lipinski definition) is 1. The van der Waals surface area contributed by atoms with Gasteiger partial charge in [0.2, 0.25) is 0 Å². The predicted molar refractivity (Wildman–Crippen MR) is 187 cm³/mol. The molecule has 3 heterocycles. The van der Waals surface area contributed by atoms with Crippen molar-refractivity contribution in [2.75, 3.05) is 63.6 Å². The van der Waals surface area contributed by atoms with E-state index in [-0.39, 0.29) is 11.7 Å². The number of hydrogen-bond acceptors (Lipinski definition) is 7. The van der Waals surface area contributed by atoms with Crippen LogP contribution >= 0.6 is 0 Å². The highest BCUT2D eigenvalue weighted by Crippen LogP contribution is 2.32. The number of rotatable bonds is 9. The number of pyridine rings is 1. The normalized spacial score (nSPS) is 16.1. The molecule has 0 saturated carbocycles. The second-order valence-electron chi connectivity index (χ2n) is 12.1. The van der Waals surface area contributed by atoms with Crippen LogP contribution < -0.4 is 10.2 Å². The third kappa shape index (κ3) is 8.30. The van der Waals surface area contributed by atoms with Gasteiger partial charge in [-0.15, -0.1) is 0 Å². The van der Waals surface area contributed by atoms with Gasteiger partial charge >= 0.3 is 0 Å². The van der Waals surface area contributed by atoms with Gasteiger partial charge in [-0.1, -0.05) is 39.3 Å². The second-order valence-corrected chi connectivity index (χ2v) is 12.1. The molecule has 0 aliphatic carbocycles. The lowest BCUT2D eigenvalue weighted by molar-refractivity contribution is 0.0475. The van der Waals surface area contributed by atoms with Crippen molar-refractivity contribution >= 4 is 34.6 Å². The van der Waals surface area contributed by atoms with Gasteiger partial charge in [0.1, 0.15) is 5.82 Å². The minimum Gasteiger partial charge on any atom is -0.344 e. The fraction of sp³-hybridized carbons (Fsp3) is 0.486. The number of piperazine rings is 1. The van der Waals surface area contributed by atoms with Crippen LogP contribution in [-0.4, -0.2) is 90.8 Å². The average molecular weight is 613 g/mol. The Labute approximate surface area is 270 Å². The molecule has 45 heavy (non-hydrogen) atoms. The molecule has 0 spiro atoms. The molecule has 0 atom stereocenters. The topological polar surface area (TPSA) is 72.0 Å². The first-order valence-electron chi connectivity index (χ1n) is 16.7. The molecule has 0 bridgehead atoms. The van der Waals surface area contributed by atoms with Gasteiger partial charge in [-0.3, -0.25) is 14.5 Å². The molecular weight excluding hydrogens is 560 g/mol. The first kappa shape index (κ1) is 34.1. The molecule has 3 aromatic rings. The van der Waals surface area contributed by atoms with E-state index in [0.717, 1.165) is 85.9 Å². The van der Waals surface area contributed by atoms with Crippen LogP contribution in [0.5, 0.6) is 0 Å². The third-order valence-electron chi connectivity index (χ3n) is 9.02. The molecule has 1 amide bonds. The smallest absolute Gasteiger partial charge is 0.253 e. The number of carbonyl (C=O) groups excluding carboxylic acids is 2. The van der Waals surface area contributed by atoms with E-state index in [2.05, 4.69) is 40.1 Å². The van der Waals surface area contributed by atoms with Gasteiger partial charge in [0, 0.05) is 74.0 Å². The molecular formula is C37H52N6O2. The number of aromatic nitrogens is 1. The standard InChI is InChI=1S/C35H46N6O2.C2H6/c1-6-9-27-22-28(35(43)41-20-18-40(19-21-41)29-14-16-38(4)17-15-29)12-13-31(27)37-34-23-33(25(2)24-36-34)39(5)32-11-8-7-10-30(32)26(3)42;1-2/h7-8,10-13,22-24,29H,6,9,14-21H2,1-5H3,(H,36,37);1-2H3. The summed E-state index contributed by atoms with van der Waals surface area (Å²) in [5, 5.41) is 3.52. The van der Waals surface area contributed by atoms with E-state index < -0.39 is 0 Å². The summed E-state index contributed by atoms with van der Waals surface area (Å²) in [5.74, 6) is 0.869. The highest BCUT2D eigenvalue weighted by Gasteiger charge is 2.28. The molecule has 8 heteroatoms. The molecule has 242 valence electrons. The van der Waals surface area contributed by atoms with Crippen LogP contribution in [0.2, 0.25) is 0 Å². The summed E-state index contributed by atoms with van der Waals surface area (Å²) in [6, 6.07) is 16.3. The number of nitrogens with one attached hydrogen (secondary N) is 1. The zero-order chi connectivity index (χ0) is 32.5. The van der Waals surface area contributed by atoms with Crippen LogP contribution in [0.3, 0.4) is 0 Å². The Bertz CT molecular complexity index is 1440. The van der Waals surface area contributed by atoms with E-state index in [0.29, 0.717) is 17.4 Å². The maximum atomic E-state index is 13.6. The van der Waals surface area contributed by atoms with Crippen LogP contribution in [0.25, 0.3) is 0 Å². The van der Waals surface area contributed by atoms with E-state index in [9.17, 15) is 9.59 Å². The van der Waals surface area contributed by atoms with Gasteiger partial charge in [-0.05, 0) is 94.7 Å². The number of aryl methyl sites for hydroxylation is 2. The minimum atomic E-state index is 0.0329. The number of amides is 1. The Morgan fingerprint density at radius 3 is 2.31 bits per heavy atom. The third-order valence-corrected chi connectivity index (χ3v) is 9.02. The summed E-state index contributed by atoms with van der Waals surface area (Å²) >= 11 is 0. The van der Waals surface area contributed by atoms with E-state index in [1.165, 1.54) is 12.8 Å². The van der Waals surface area contributed by atoms with E-state index in [4.69, 9.17) is 0 Å². The fourth-order valence-electron chi connectivity index (χ4n) is 6.43. The van der Waals surface area contributed by atoms with Crippen molar-refractivity contribution in [3.63, 3.8) is 0 Å². The van der Waals surface area contributed by atoms with Crippen LogP contribution in [0.1, 0.15) is 78.8 Å². The van der Waals surface area contributed by atoms with Crippen molar-refractivity contribution in [2.24, 2.45) is 0 Å². The van der Waals surface area contributed by atoms with Gasteiger partial charge in [0.05, 0.1) is 5.69 Å². The van der Waals surface area contributed by atoms with Crippen molar-refractivity contribution in [3.05, 3.63) is 77.0 Å². The maximum Gasteiger partial charge on any atom is 0.253 e. The van der Waals surface area contributed by atoms with Crippen LogP contribution in [0.4, 0.5) is 22.9 Å². The summed E-state index contributed by atoms with van der Waals surface area (Å²) in [5.41, 5.74) is 6.34. The summed E-state index contributed by atoms with van der Waals surface area (Å²) in [6.45, 7) is 15.6. The molecule has 1 N–H and O–H groups in total. The number of anilines is 4. The Morgan fingerprint density at radius 2 is 1.64 bits per heavy atom. The molecule has 1 aromatic heterocycles. The molecule has 0 radical (unpaired) electrons. The van der Waals surface area contributed by atoms with Gasteiger partial charge in [-0.2, -0.15) is 0 Å². The number of carbonyl (C=O) groups is 2. The first-order valence-corrected chi connectivity index (χ1v) is 16.7. The van der Waals surface area contributed by atoms with Gasteiger partial charge in [0.15, 0.2) is 5.78 Å². The number of Topliss-reactive ketones (excluding diaryl/α,β-unsaturated/α-hetero) is 1. The quantitative estimate of drug-likeness (QED) is 0.263. The Balaban J connectivity index is 0.00000226. The lowest BCUT2D eigenvalue weighted by Gasteiger charge is -2.42. The van der Waals surface area contributed by atoms with Gasteiger partial charge in [0.25, 0.3) is 5.91 Å². The lowest BCUT2D eigenvalue weighted by atomic mass is 10.0. The Morgan fingerprint density at radius 1 is 0.956 bits per heavy atom. The zero-order valence-corrected chi connectivity index (χ0v) is 28.4. The number of piperidine rings is 1. The van der Waals surface area contributed by atoms with Gasteiger partial charge in [-0.25, -0.2) is 4.98 Å². The van der Waals surface area contributed by atoms with Crippen LogP contribution in [0, 0.1) is 6.92 Å². The summed E-state index contributed by atoms with van der Waals surface area (Å²) in [4.78, 5) is 39.6. The number of para-hydroxylation sites is 1. The molecule has 2 aliphatic rings. The SMILES string of the molecule is CC.CCCc1cc(C(=O)N2CCN(C3CCN(C)CC3)CC2)ccc1Nc1cc(N(C)c2ccccc2C(C)=O)c(C)cn1. The fourth-order valence-corrected chi connectivity index (χ4v) is 6.43. The Hall–Kier alpha value is -3.75. The largest absolute Gasteiger partial charge is 0.344 e. The zero-order valence-electron chi connectivity index (χ0n) is 28.4. The van der Waals surface area contributed by atoms with Gasteiger partial charge < -0.3 is 20.0 Å². The molecule has 2 fully saturated rings. The van der Waals surface area contributed by atoms with E-state index >= 15 is 0 Å². The van der Waals surface area contributed by atoms with Crippen LogP contribution in [0.15, 0.2) is 54.7 Å². The molecule has 5 rings (SSSR count). The number of likely N-dealkylation sites (tertiary alicyclic amines) is 1. The van der Waals surface area contributed by atoms with Crippen molar-refractivity contribution in [1.29, 1.82) is 0 Å².